The van der Waals surface area contributed by atoms with Gasteiger partial charge in [0.15, 0.2) is 0 Å². The summed E-state index contributed by atoms with van der Waals surface area (Å²) in [5, 5.41) is 12.1. The minimum Gasteiger partial charge on any atom is -0.469 e. The minimum absolute atomic E-state index is 0.0360. The number of ether oxygens (including phenoxy) is 1. The average molecular weight is 541 g/mol. The van der Waals surface area contributed by atoms with Crippen molar-refractivity contribution in [3.8, 4) is 0 Å². The third-order valence-corrected chi connectivity index (χ3v) is 8.53. The number of carbonyl (C=O) groups is 1. The number of rotatable bonds is 5. The van der Waals surface area contributed by atoms with Crippen LogP contribution in [-0.2, 0) is 21.1 Å². The number of fused-ring (bicyclic) bond motifs is 1. The van der Waals surface area contributed by atoms with Crippen LogP contribution in [0.25, 0.3) is 11.0 Å². The van der Waals surface area contributed by atoms with E-state index in [2.05, 4.69) is 15.6 Å². The van der Waals surface area contributed by atoms with Crippen molar-refractivity contribution >= 4 is 40.2 Å². The van der Waals surface area contributed by atoms with Crippen molar-refractivity contribution in [1.82, 2.24) is 20.3 Å². The monoisotopic (exact) mass is 540 g/mol. The summed E-state index contributed by atoms with van der Waals surface area (Å²) in [5.41, 5.74) is -0.675. The lowest BCUT2D eigenvalue weighted by Crippen LogP contribution is -2.65. The van der Waals surface area contributed by atoms with E-state index in [0.717, 1.165) is 0 Å². The summed E-state index contributed by atoms with van der Waals surface area (Å²) in [6.07, 6.45) is -3.52. The van der Waals surface area contributed by atoms with Crippen LogP contribution in [0.15, 0.2) is 30.3 Å². The normalized spacial score (nSPS) is 24.2. The number of alkyl halides is 3. The second-order valence-corrected chi connectivity index (χ2v) is 11.0. The summed E-state index contributed by atoms with van der Waals surface area (Å²) in [6, 6.07) is 7.48. The number of benzene rings is 2. The molecule has 1 aliphatic carbocycles. The largest absolute Gasteiger partial charge is 0.469 e. The number of hydrogen-bond donors (Lipinski definition) is 1. The van der Waals surface area contributed by atoms with E-state index >= 15 is 0 Å². The molecule has 3 aromatic rings. The zero-order valence-corrected chi connectivity index (χ0v) is 21.4. The molecule has 2 fully saturated rings. The third-order valence-electron chi connectivity index (χ3n) is 7.97. The number of carbonyl (C=O) groups excluding carboxylic acids is 1. The summed E-state index contributed by atoms with van der Waals surface area (Å²) in [7, 11) is 1.35. The van der Waals surface area contributed by atoms with E-state index in [-0.39, 0.29) is 22.9 Å². The quantitative estimate of drug-likeness (QED) is 0.414. The molecule has 1 aromatic heterocycles. The fourth-order valence-corrected chi connectivity index (χ4v) is 6.32. The molecule has 0 unspecified atom stereocenters. The van der Waals surface area contributed by atoms with Gasteiger partial charge in [0.2, 0.25) is 0 Å². The molecule has 1 saturated heterocycles. The molecule has 0 bridgehead atoms. The lowest BCUT2D eigenvalue weighted by molar-refractivity contribution is -0.163. The Hall–Kier alpha value is -2.36. The summed E-state index contributed by atoms with van der Waals surface area (Å²) < 4.78 is 49.1. The van der Waals surface area contributed by atoms with Crippen molar-refractivity contribution in [3.63, 3.8) is 0 Å². The number of aromatic nitrogens is 3. The first-order valence-corrected chi connectivity index (χ1v) is 12.4. The number of methoxy groups -OCH3 is 1. The van der Waals surface area contributed by atoms with Gasteiger partial charge in [0.1, 0.15) is 5.52 Å². The standard InChI is InChI=1S/C25H25Cl2F3N4O2/c1-13(17-5-4-16(26)8-19(17)27)34-20-7-14(6-18(25(28,29)30)21(20)32-33-34)24(11-31-12-24)15-9-23(2,10-15)22(35)36-3/h4-8,13,15,31H,9-12H2,1-3H3/t13-,15?,23?/m1/s1. The van der Waals surface area contributed by atoms with Gasteiger partial charge in [-0.15, -0.1) is 5.10 Å². The van der Waals surface area contributed by atoms with Crippen LogP contribution in [0.1, 0.15) is 49.4 Å². The van der Waals surface area contributed by atoms with Crippen LogP contribution in [0.3, 0.4) is 0 Å². The molecule has 1 saturated carbocycles. The van der Waals surface area contributed by atoms with E-state index in [1.807, 2.05) is 6.92 Å². The highest BCUT2D eigenvalue weighted by Crippen LogP contribution is 2.56. The molecular formula is C25H25Cl2F3N4O2. The number of nitrogens with one attached hydrogen (secondary N) is 1. The lowest BCUT2D eigenvalue weighted by atomic mass is 9.50. The van der Waals surface area contributed by atoms with Gasteiger partial charge in [-0.2, -0.15) is 13.2 Å². The Bertz CT molecular complexity index is 1350. The van der Waals surface area contributed by atoms with Crippen molar-refractivity contribution < 1.29 is 22.7 Å². The van der Waals surface area contributed by atoms with E-state index in [1.165, 1.54) is 17.9 Å². The van der Waals surface area contributed by atoms with Crippen molar-refractivity contribution in [2.75, 3.05) is 20.2 Å². The Kier molecular flexibility index (Phi) is 6.04. The van der Waals surface area contributed by atoms with Crippen molar-refractivity contribution in [2.45, 2.75) is 44.3 Å². The van der Waals surface area contributed by atoms with Gasteiger partial charge >= 0.3 is 12.1 Å². The predicted octanol–water partition coefficient (Wildman–Crippen LogP) is 5.80. The maximum absolute atomic E-state index is 14.2. The molecule has 1 aliphatic heterocycles. The molecule has 192 valence electrons. The van der Waals surface area contributed by atoms with Gasteiger partial charge in [-0.05, 0) is 68.0 Å². The Morgan fingerprint density at radius 3 is 2.47 bits per heavy atom. The summed E-state index contributed by atoms with van der Waals surface area (Å²) >= 11 is 12.4. The highest BCUT2D eigenvalue weighted by atomic mass is 35.5. The molecule has 2 aromatic carbocycles. The maximum Gasteiger partial charge on any atom is 0.418 e. The zero-order chi connectivity index (χ0) is 26.0. The molecule has 6 nitrogen and oxygen atoms in total. The number of halogens is 5. The fourth-order valence-electron chi connectivity index (χ4n) is 5.76. The van der Waals surface area contributed by atoms with E-state index in [1.54, 1.807) is 31.2 Å². The van der Waals surface area contributed by atoms with Gasteiger partial charge in [0.05, 0.1) is 29.6 Å². The zero-order valence-electron chi connectivity index (χ0n) is 19.9. The Balaban J connectivity index is 1.62. The minimum atomic E-state index is -4.62. The van der Waals surface area contributed by atoms with E-state index < -0.39 is 28.6 Å². The Morgan fingerprint density at radius 2 is 1.92 bits per heavy atom. The van der Waals surface area contributed by atoms with Crippen LogP contribution in [0.2, 0.25) is 10.0 Å². The van der Waals surface area contributed by atoms with Crippen molar-refractivity contribution in [1.29, 1.82) is 0 Å². The van der Waals surface area contributed by atoms with Crippen molar-refractivity contribution in [3.05, 3.63) is 57.1 Å². The molecule has 11 heteroatoms. The van der Waals surface area contributed by atoms with Crippen LogP contribution < -0.4 is 5.32 Å². The van der Waals surface area contributed by atoms with Gasteiger partial charge in [-0.1, -0.05) is 34.5 Å². The third kappa shape index (κ3) is 3.87. The highest BCUT2D eigenvalue weighted by molar-refractivity contribution is 6.35. The molecule has 0 spiro atoms. The number of nitrogens with zero attached hydrogens (tertiary/aromatic N) is 3. The van der Waals surface area contributed by atoms with Gasteiger partial charge in [0.25, 0.3) is 0 Å². The Labute approximate surface area is 216 Å². The topological polar surface area (TPSA) is 69.0 Å². The Morgan fingerprint density at radius 1 is 1.22 bits per heavy atom. The van der Waals surface area contributed by atoms with E-state index in [9.17, 15) is 18.0 Å². The predicted molar refractivity (Wildman–Crippen MR) is 130 cm³/mol. The van der Waals surface area contributed by atoms with Crippen LogP contribution in [0.5, 0.6) is 0 Å². The number of esters is 1. The van der Waals surface area contributed by atoms with E-state index in [0.29, 0.717) is 47.1 Å². The van der Waals surface area contributed by atoms with Gasteiger partial charge in [0, 0.05) is 28.5 Å². The lowest BCUT2D eigenvalue weighted by Gasteiger charge is -2.57. The van der Waals surface area contributed by atoms with Gasteiger partial charge < -0.3 is 10.1 Å². The second kappa shape index (κ2) is 8.60. The SMILES string of the molecule is COC(=O)C1(C)CC(C2(c3cc(C(F)(F)F)c4nnn([C@H](C)c5ccc(Cl)cc5Cl)c4c3)CNC2)C1. The van der Waals surface area contributed by atoms with Crippen LogP contribution in [0.4, 0.5) is 13.2 Å². The molecule has 0 amide bonds. The summed E-state index contributed by atoms with van der Waals surface area (Å²) in [5.74, 6) is -0.252. The first kappa shape index (κ1) is 25.3. The molecule has 5 rings (SSSR count). The average Bonchev–Trinajstić information content (AvgIpc) is 3.18. The molecule has 1 atom stereocenters. The van der Waals surface area contributed by atoms with Crippen LogP contribution in [-0.4, -0.2) is 41.2 Å². The number of hydrogen-bond acceptors (Lipinski definition) is 5. The fraction of sp³-hybridized carbons (Fsp3) is 0.480. The van der Waals surface area contributed by atoms with E-state index in [4.69, 9.17) is 27.9 Å². The molecule has 0 radical (unpaired) electrons. The molecule has 36 heavy (non-hydrogen) atoms. The molecule has 1 N–H and O–H groups in total. The first-order valence-electron chi connectivity index (χ1n) is 11.6. The first-order chi connectivity index (χ1) is 16.9. The molecule has 2 aliphatic rings. The van der Waals surface area contributed by atoms with Crippen LogP contribution in [0, 0.1) is 11.3 Å². The molecular weight excluding hydrogens is 516 g/mol. The summed E-state index contributed by atoms with van der Waals surface area (Å²) in [6.45, 7) is 4.70. The smallest absolute Gasteiger partial charge is 0.418 e. The molecule has 2 heterocycles. The van der Waals surface area contributed by atoms with Crippen molar-refractivity contribution in [2.24, 2.45) is 11.3 Å². The summed E-state index contributed by atoms with van der Waals surface area (Å²) in [4.78, 5) is 12.2. The van der Waals surface area contributed by atoms with Gasteiger partial charge in [-0.3, -0.25) is 4.79 Å². The second-order valence-electron chi connectivity index (χ2n) is 10.2. The highest BCUT2D eigenvalue weighted by Gasteiger charge is 2.58. The maximum atomic E-state index is 14.2. The van der Waals surface area contributed by atoms with Crippen LogP contribution >= 0.6 is 23.2 Å². The van der Waals surface area contributed by atoms with Gasteiger partial charge in [-0.25, -0.2) is 4.68 Å².